The minimum atomic E-state index is -0.596. The third kappa shape index (κ3) is 3.79. The molecule has 0 saturated heterocycles. The van der Waals surface area contributed by atoms with Crippen molar-refractivity contribution in [2.24, 2.45) is 11.1 Å². The van der Waals surface area contributed by atoms with E-state index in [0.717, 1.165) is 31.2 Å². The Labute approximate surface area is 120 Å². The summed E-state index contributed by atoms with van der Waals surface area (Å²) in [5, 5.41) is 2.70. The highest BCUT2D eigenvalue weighted by atomic mass is 19.1. The zero-order valence-corrected chi connectivity index (χ0v) is 12.6. The van der Waals surface area contributed by atoms with E-state index in [2.05, 4.69) is 5.32 Å². The number of carbonyl (C=O) groups excluding carboxylic acids is 1. The molecular formula is C16H25FN2O. The van der Waals surface area contributed by atoms with E-state index >= 15 is 0 Å². The number of rotatable bonds is 7. The van der Waals surface area contributed by atoms with Gasteiger partial charge in [0.1, 0.15) is 5.82 Å². The Morgan fingerprint density at radius 1 is 1.30 bits per heavy atom. The Morgan fingerprint density at radius 2 is 1.90 bits per heavy atom. The van der Waals surface area contributed by atoms with Crippen LogP contribution >= 0.6 is 0 Å². The quantitative estimate of drug-likeness (QED) is 0.801. The average Bonchev–Trinajstić information content (AvgIpc) is 2.41. The van der Waals surface area contributed by atoms with E-state index in [4.69, 9.17) is 5.73 Å². The first-order chi connectivity index (χ1) is 9.49. The molecule has 0 radical (unpaired) electrons. The van der Waals surface area contributed by atoms with Gasteiger partial charge in [0.05, 0.1) is 11.1 Å². The van der Waals surface area contributed by atoms with Gasteiger partial charge in [-0.25, -0.2) is 4.39 Å². The predicted octanol–water partition coefficient (Wildman–Crippen LogP) is 3.62. The van der Waals surface area contributed by atoms with E-state index in [1.807, 2.05) is 20.8 Å². The fraction of sp³-hybridized carbons (Fsp3) is 0.562. The molecule has 0 aliphatic rings. The van der Waals surface area contributed by atoms with Crippen molar-refractivity contribution in [3.8, 4) is 0 Å². The molecule has 3 nitrogen and oxygen atoms in total. The topological polar surface area (TPSA) is 55.1 Å². The molecule has 3 N–H and O–H groups in total. The van der Waals surface area contributed by atoms with E-state index in [1.54, 1.807) is 12.1 Å². The minimum Gasteiger partial charge on any atom is -0.329 e. The van der Waals surface area contributed by atoms with Crippen LogP contribution < -0.4 is 11.1 Å². The van der Waals surface area contributed by atoms with E-state index < -0.39 is 11.2 Å². The van der Waals surface area contributed by atoms with Crippen LogP contribution in [0.2, 0.25) is 0 Å². The van der Waals surface area contributed by atoms with Gasteiger partial charge in [-0.3, -0.25) is 4.79 Å². The predicted molar refractivity (Wildman–Crippen MR) is 81.1 cm³/mol. The Kier molecular flexibility index (Phi) is 6.14. The molecule has 1 aromatic carbocycles. The second-order valence-electron chi connectivity index (χ2n) is 5.42. The summed E-state index contributed by atoms with van der Waals surface area (Å²) in [6.45, 7) is 6.15. The molecule has 0 atom stereocenters. The summed E-state index contributed by atoms with van der Waals surface area (Å²) in [6.07, 6.45) is 3.19. The summed E-state index contributed by atoms with van der Waals surface area (Å²) in [5.74, 6) is -0.580. The van der Waals surface area contributed by atoms with Crippen molar-refractivity contribution in [1.29, 1.82) is 0 Å². The number of carbonyl (C=O) groups is 1. The molecule has 0 bridgehead atoms. The van der Waals surface area contributed by atoms with Crippen LogP contribution in [-0.4, -0.2) is 12.5 Å². The van der Waals surface area contributed by atoms with Crippen LogP contribution in [0, 0.1) is 18.2 Å². The maximum absolute atomic E-state index is 13.8. The number of anilines is 1. The number of hydrogen-bond donors (Lipinski definition) is 2. The first-order valence-corrected chi connectivity index (χ1v) is 7.26. The van der Waals surface area contributed by atoms with E-state index in [-0.39, 0.29) is 18.1 Å². The zero-order chi connectivity index (χ0) is 15.2. The smallest absolute Gasteiger partial charge is 0.231 e. The summed E-state index contributed by atoms with van der Waals surface area (Å²) >= 11 is 0. The van der Waals surface area contributed by atoms with Crippen LogP contribution in [0.3, 0.4) is 0 Å². The average molecular weight is 280 g/mol. The normalized spacial score (nSPS) is 11.4. The van der Waals surface area contributed by atoms with Crippen molar-refractivity contribution in [2.45, 2.75) is 46.5 Å². The molecule has 112 valence electrons. The number of nitrogens with two attached hydrogens (primary N) is 1. The summed E-state index contributed by atoms with van der Waals surface area (Å²) in [6, 6.07) is 4.80. The molecular weight excluding hydrogens is 255 g/mol. The van der Waals surface area contributed by atoms with E-state index in [1.165, 1.54) is 6.07 Å². The molecule has 0 aliphatic carbocycles. The highest BCUT2D eigenvalue weighted by Crippen LogP contribution is 2.31. The molecule has 0 aliphatic heterocycles. The first kappa shape index (κ1) is 16.6. The second kappa shape index (κ2) is 7.39. The van der Waals surface area contributed by atoms with Crippen molar-refractivity contribution in [3.05, 3.63) is 29.6 Å². The fourth-order valence-corrected chi connectivity index (χ4v) is 2.58. The third-order valence-electron chi connectivity index (χ3n) is 3.70. The standard InChI is InChI=1S/C16H25FN2O/c1-4-8-16(11-18,9-5-2)15(20)19-14-7-6-12(3)10-13(14)17/h6-7,10H,4-5,8-9,11,18H2,1-3H3,(H,19,20). The molecule has 20 heavy (non-hydrogen) atoms. The monoisotopic (exact) mass is 280 g/mol. The van der Waals surface area contributed by atoms with Gasteiger partial charge >= 0.3 is 0 Å². The molecule has 0 unspecified atom stereocenters. The second-order valence-corrected chi connectivity index (χ2v) is 5.42. The number of hydrogen-bond acceptors (Lipinski definition) is 2. The first-order valence-electron chi connectivity index (χ1n) is 7.26. The highest BCUT2D eigenvalue weighted by molar-refractivity contribution is 5.95. The van der Waals surface area contributed by atoms with Gasteiger partial charge in [0.15, 0.2) is 0 Å². The Hall–Kier alpha value is -1.42. The van der Waals surface area contributed by atoms with Gasteiger partial charge in [0.2, 0.25) is 5.91 Å². The number of benzene rings is 1. The van der Waals surface area contributed by atoms with Crippen molar-refractivity contribution >= 4 is 11.6 Å². The van der Waals surface area contributed by atoms with Gasteiger partial charge in [-0.05, 0) is 37.5 Å². The van der Waals surface area contributed by atoms with Crippen molar-refractivity contribution in [1.82, 2.24) is 0 Å². The lowest BCUT2D eigenvalue weighted by Crippen LogP contribution is -2.42. The van der Waals surface area contributed by atoms with Gasteiger partial charge < -0.3 is 11.1 Å². The van der Waals surface area contributed by atoms with Gasteiger partial charge in [-0.2, -0.15) is 0 Å². The zero-order valence-electron chi connectivity index (χ0n) is 12.6. The number of halogens is 1. The number of amides is 1. The summed E-state index contributed by atoms with van der Waals surface area (Å²) < 4.78 is 13.8. The molecule has 0 aromatic heterocycles. The Balaban J connectivity index is 2.95. The Morgan fingerprint density at radius 3 is 2.35 bits per heavy atom. The van der Waals surface area contributed by atoms with Crippen LogP contribution in [-0.2, 0) is 4.79 Å². The number of nitrogens with one attached hydrogen (secondary N) is 1. The minimum absolute atomic E-state index is 0.175. The maximum atomic E-state index is 13.8. The molecule has 1 aromatic rings. The molecule has 0 heterocycles. The molecule has 4 heteroatoms. The maximum Gasteiger partial charge on any atom is 0.231 e. The molecule has 0 saturated carbocycles. The Bertz CT molecular complexity index is 454. The van der Waals surface area contributed by atoms with Crippen molar-refractivity contribution in [2.75, 3.05) is 11.9 Å². The summed E-state index contributed by atoms with van der Waals surface area (Å²) in [5.41, 5.74) is 6.30. The highest BCUT2D eigenvalue weighted by Gasteiger charge is 2.35. The lowest BCUT2D eigenvalue weighted by molar-refractivity contribution is -0.126. The molecule has 1 amide bonds. The lowest BCUT2D eigenvalue weighted by Gasteiger charge is -2.30. The fourth-order valence-electron chi connectivity index (χ4n) is 2.58. The van der Waals surface area contributed by atoms with Crippen LogP contribution in [0.25, 0.3) is 0 Å². The summed E-state index contributed by atoms with van der Waals surface area (Å²) in [7, 11) is 0. The lowest BCUT2D eigenvalue weighted by atomic mass is 9.78. The van der Waals surface area contributed by atoms with E-state index in [9.17, 15) is 9.18 Å². The third-order valence-corrected chi connectivity index (χ3v) is 3.70. The van der Waals surface area contributed by atoms with Gasteiger partial charge in [0.25, 0.3) is 0 Å². The largest absolute Gasteiger partial charge is 0.329 e. The van der Waals surface area contributed by atoms with Gasteiger partial charge in [0, 0.05) is 6.54 Å². The van der Waals surface area contributed by atoms with Gasteiger partial charge in [-0.15, -0.1) is 0 Å². The summed E-state index contributed by atoms with van der Waals surface area (Å²) in [4.78, 5) is 12.5. The van der Waals surface area contributed by atoms with Crippen LogP contribution in [0.1, 0.15) is 45.1 Å². The van der Waals surface area contributed by atoms with Crippen LogP contribution in [0.4, 0.5) is 10.1 Å². The van der Waals surface area contributed by atoms with Crippen LogP contribution in [0.5, 0.6) is 0 Å². The molecule has 0 spiro atoms. The van der Waals surface area contributed by atoms with Gasteiger partial charge in [-0.1, -0.05) is 32.8 Å². The molecule has 0 fully saturated rings. The number of aryl methyl sites for hydroxylation is 1. The van der Waals surface area contributed by atoms with Crippen LogP contribution in [0.15, 0.2) is 18.2 Å². The SMILES string of the molecule is CCCC(CN)(CCC)C(=O)Nc1ccc(C)cc1F. The molecule has 1 rings (SSSR count). The van der Waals surface area contributed by atoms with E-state index in [0.29, 0.717) is 0 Å². The van der Waals surface area contributed by atoms with Crippen molar-refractivity contribution in [3.63, 3.8) is 0 Å². The van der Waals surface area contributed by atoms with Crippen molar-refractivity contribution < 1.29 is 9.18 Å².